The second kappa shape index (κ2) is 17.7. The van der Waals surface area contributed by atoms with Crippen LogP contribution in [0.25, 0.3) is 0 Å². The zero-order chi connectivity index (χ0) is 24.3. The fourth-order valence-electron chi connectivity index (χ4n) is 3.91. The molecule has 2 aromatic carbocycles. The van der Waals surface area contributed by atoms with Crippen LogP contribution in [0.3, 0.4) is 0 Å². The van der Waals surface area contributed by atoms with Gasteiger partial charge < -0.3 is 0 Å². The molecule has 0 amide bonds. The van der Waals surface area contributed by atoms with E-state index in [1.807, 2.05) is 6.21 Å². The van der Waals surface area contributed by atoms with E-state index in [0.29, 0.717) is 0 Å². The fraction of sp³-hybridized carbons (Fsp3) is 0.438. The van der Waals surface area contributed by atoms with Crippen LogP contribution in [-0.2, 0) is 12.8 Å². The molecule has 0 fully saturated rings. The summed E-state index contributed by atoms with van der Waals surface area (Å²) in [5, 5.41) is 0. The topological polar surface area (TPSA) is 24.7 Å². The largest absolute Gasteiger partial charge is 0.255 e. The van der Waals surface area contributed by atoms with E-state index < -0.39 is 0 Å². The minimum atomic E-state index is 0.967. The van der Waals surface area contributed by atoms with Crippen LogP contribution in [0.4, 0.5) is 11.4 Å². The number of rotatable bonds is 16. The third-order valence-corrected chi connectivity index (χ3v) is 5.85. The Bertz CT molecular complexity index is 934. The van der Waals surface area contributed by atoms with Crippen LogP contribution >= 0.6 is 0 Å². The Kier molecular flexibility index (Phi) is 14.3. The highest BCUT2D eigenvalue weighted by Crippen LogP contribution is 2.23. The van der Waals surface area contributed by atoms with Crippen LogP contribution in [0.5, 0.6) is 0 Å². The first-order valence-corrected chi connectivity index (χ1v) is 13.4. The first-order chi connectivity index (χ1) is 16.8. The van der Waals surface area contributed by atoms with Gasteiger partial charge in [-0.05, 0) is 74.6 Å². The molecule has 0 atom stereocenters. The van der Waals surface area contributed by atoms with Gasteiger partial charge in [0.1, 0.15) is 0 Å². The zero-order valence-corrected chi connectivity index (χ0v) is 21.7. The summed E-state index contributed by atoms with van der Waals surface area (Å²) in [5.74, 6) is 0. The molecule has 2 heteroatoms. The summed E-state index contributed by atoms with van der Waals surface area (Å²) in [7, 11) is 0. The van der Waals surface area contributed by atoms with Crippen molar-refractivity contribution in [2.24, 2.45) is 9.98 Å². The van der Waals surface area contributed by atoms with E-state index >= 15 is 0 Å². The minimum Gasteiger partial charge on any atom is -0.255 e. The molecule has 34 heavy (non-hydrogen) atoms. The third kappa shape index (κ3) is 10.9. The summed E-state index contributed by atoms with van der Waals surface area (Å²) in [6.45, 7) is 6.61. The van der Waals surface area contributed by atoms with Crippen molar-refractivity contribution in [3.8, 4) is 0 Å². The molecule has 182 valence electrons. The second-order valence-electron chi connectivity index (χ2n) is 8.77. The Labute approximate surface area is 208 Å². The molecule has 0 saturated carbocycles. The van der Waals surface area contributed by atoms with Crippen molar-refractivity contribution in [2.45, 2.75) is 91.4 Å². The second-order valence-corrected chi connectivity index (χ2v) is 8.77. The summed E-state index contributed by atoms with van der Waals surface area (Å²) in [5.41, 5.74) is 5.83. The van der Waals surface area contributed by atoms with Crippen LogP contribution in [-0.4, -0.2) is 11.9 Å². The molecule has 2 aromatic rings. The Balaban J connectivity index is 2.24. The molecule has 0 aliphatic heterocycles. The van der Waals surface area contributed by atoms with Gasteiger partial charge in [-0.3, -0.25) is 9.98 Å². The van der Waals surface area contributed by atoms with Crippen LogP contribution in [0.1, 0.15) is 89.7 Å². The Hall–Kier alpha value is -2.74. The highest BCUT2D eigenvalue weighted by atomic mass is 14.8. The molecule has 0 unspecified atom stereocenters. The SMILES string of the molecule is CCC=CCCc1ccccc1N=CC(CCCCCC)=Nc1ccccc1CCC=CCC. The Morgan fingerprint density at radius 3 is 1.88 bits per heavy atom. The number of aryl methyl sites for hydroxylation is 2. The first kappa shape index (κ1) is 27.5. The normalized spacial score (nSPS) is 12.5. The average molecular weight is 457 g/mol. The van der Waals surface area contributed by atoms with E-state index in [0.717, 1.165) is 68.5 Å². The van der Waals surface area contributed by atoms with E-state index in [2.05, 4.69) is 93.6 Å². The standard InChI is InChI=1S/C32H44N2/c1-4-7-10-13-20-28-22-16-18-25-31(28)33-27-30(24-15-12-9-6-3)34-32-26-19-17-23-29(32)21-14-11-8-5-2/h7-8,10-11,16-19,22-23,25-27H,4-6,9,12-15,20-21,24H2,1-3H3. The Morgan fingerprint density at radius 1 is 0.676 bits per heavy atom. The van der Waals surface area contributed by atoms with E-state index in [1.165, 1.54) is 30.4 Å². The molecule has 0 aromatic heterocycles. The number of para-hydroxylation sites is 2. The van der Waals surface area contributed by atoms with Crippen LogP contribution in [0.15, 0.2) is 82.8 Å². The van der Waals surface area contributed by atoms with Gasteiger partial charge in [0, 0.05) is 6.21 Å². The molecule has 0 saturated heterocycles. The van der Waals surface area contributed by atoms with Gasteiger partial charge in [0.25, 0.3) is 0 Å². The highest BCUT2D eigenvalue weighted by Gasteiger charge is 2.04. The van der Waals surface area contributed by atoms with Crippen LogP contribution < -0.4 is 0 Å². The number of benzene rings is 2. The van der Waals surface area contributed by atoms with Crippen molar-refractivity contribution >= 4 is 23.3 Å². The fourth-order valence-corrected chi connectivity index (χ4v) is 3.91. The Morgan fingerprint density at radius 2 is 1.26 bits per heavy atom. The predicted molar refractivity (Wildman–Crippen MR) is 152 cm³/mol. The molecule has 0 N–H and O–H groups in total. The lowest BCUT2D eigenvalue weighted by Gasteiger charge is -2.08. The molecular formula is C32H44N2. The maximum atomic E-state index is 5.12. The van der Waals surface area contributed by atoms with Gasteiger partial charge in [-0.15, -0.1) is 0 Å². The maximum Gasteiger partial charge on any atom is 0.0665 e. The maximum absolute atomic E-state index is 5.12. The van der Waals surface area contributed by atoms with E-state index in [1.54, 1.807) is 0 Å². The molecule has 2 nitrogen and oxygen atoms in total. The van der Waals surface area contributed by atoms with Crippen molar-refractivity contribution < 1.29 is 0 Å². The molecule has 0 heterocycles. The monoisotopic (exact) mass is 456 g/mol. The summed E-state index contributed by atoms with van der Waals surface area (Å²) >= 11 is 0. The van der Waals surface area contributed by atoms with E-state index in [4.69, 9.17) is 9.98 Å². The van der Waals surface area contributed by atoms with Crippen molar-refractivity contribution in [2.75, 3.05) is 0 Å². The van der Waals surface area contributed by atoms with Gasteiger partial charge in [0.2, 0.25) is 0 Å². The van der Waals surface area contributed by atoms with Gasteiger partial charge >= 0.3 is 0 Å². The number of nitrogens with zero attached hydrogens (tertiary/aromatic N) is 2. The lowest BCUT2D eigenvalue weighted by molar-refractivity contribution is 0.684. The number of allylic oxidation sites excluding steroid dienone is 4. The van der Waals surface area contributed by atoms with Crippen molar-refractivity contribution in [1.29, 1.82) is 0 Å². The summed E-state index contributed by atoms with van der Waals surface area (Å²) in [6, 6.07) is 17.1. The van der Waals surface area contributed by atoms with Crippen molar-refractivity contribution in [3.05, 3.63) is 84.0 Å². The lowest BCUT2D eigenvalue weighted by atomic mass is 10.1. The van der Waals surface area contributed by atoms with Crippen molar-refractivity contribution in [3.63, 3.8) is 0 Å². The third-order valence-electron chi connectivity index (χ3n) is 5.85. The molecule has 0 bridgehead atoms. The molecule has 2 rings (SSSR count). The average Bonchev–Trinajstić information content (AvgIpc) is 2.87. The van der Waals surface area contributed by atoms with E-state index in [-0.39, 0.29) is 0 Å². The molecule has 0 aliphatic carbocycles. The van der Waals surface area contributed by atoms with E-state index in [9.17, 15) is 0 Å². The van der Waals surface area contributed by atoms with Crippen LogP contribution in [0, 0.1) is 0 Å². The predicted octanol–water partition coefficient (Wildman–Crippen LogP) is 9.93. The van der Waals surface area contributed by atoms with Crippen LogP contribution in [0.2, 0.25) is 0 Å². The van der Waals surface area contributed by atoms with Gasteiger partial charge in [0.15, 0.2) is 0 Å². The van der Waals surface area contributed by atoms with Gasteiger partial charge in [0.05, 0.1) is 17.1 Å². The number of hydrogen-bond donors (Lipinski definition) is 0. The molecular weight excluding hydrogens is 412 g/mol. The quantitative estimate of drug-likeness (QED) is 0.136. The molecule has 0 aliphatic rings. The summed E-state index contributed by atoms with van der Waals surface area (Å²) in [6.07, 6.45) is 23.3. The number of aliphatic imine (C=N–C) groups is 2. The number of hydrogen-bond acceptors (Lipinski definition) is 2. The minimum absolute atomic E-state index is 0.967. The molecule has 0 spiro atoms. The first-order valence-electron chi connectivity index (χ1n) is 13.4. The zero-order valence-electron chi connectivity index (χ0n) is 21.7. The summed E-state index contributed by atoms with van der Waals surface area (Å²) in [4.78, 5) is 10.0. The lowest BCUT2D eigenvalue weighted by Crippen LogP contribution is -2.01. The molecule has 0 radical (unpaired) electrons. The smallest absolute Gasteiger partial charge is 0.0665 e. The van der Waals surface area contributed by atoms with Gasteiger partial charge in [-0.1, -0.05) is 101 Å². The highest BCUT2D eigenvalue weighted by molar-refractivity contribution is 6.31. The van der Waals surface area contributed by atoms with Gasteiger partial charge in [-0.25, -0.2) is 0 Å². The number of unbranched alkanes of at least 4 members (excludes halogenated alkanes) is 3. The van der Waals surface area contributed by atoms with Gasteiger partial charge in [-0.2, -0.15) is 0 Å². The van der Waals surface area contributed by atoms with Crippen molar-refractivity contribution in [1.82, 2.24) is 0 Å². The summed E-state index contributed by atoms with van der Waals surface area (Å²) < 4.78 is 0.